The number of ketones is 3. The van der Waals surface area contributed by atoms with E-state index in [0.29, 0.717) is 44.1 Å². The standard InChI is InChI=1S/C52H79N5O12/c1-31(16-12-11-13-17-32(2)43(64-8)28-39-21-19-33(3)51(62)67-39)24-46-47(60)49(66-10)48(68-46)36(6)25-34(4)42(59)29-44(69-52(63)41-18-14-15-23-56(41)50(61)37(7)58)35(5)26-38-20-22-40(45(27-38)65-9)57-30-53-54-55-57/h11-13,16-17,25,30-31,33-35,38-41,43-46,48-49,51,62H,14-15,18-24,26-29H2,1-10H3/b13-11+,16-12+,32-17+,36-25+/t31-,33?,34?,35?,38?,39+,40?,41?,43+,44+,45?,46?,48-,49?,51?/m1/s1. The molecule has 384 valence electrons. The molecule has 3 aliphatic heterocycles. The summed E-state index contributed by atoms with van der Waals surface area (Å²) >= 11 is 0. The minimum atomic E-state index is -0.913. The number of aromatic nitrogens is 4. The number of aliphatic hydroxyl groups excluding tert-OH is 1. The van der Waals surface area contributed by atoms with Crippen LogP contribution in [0.5, 0.6) is 0 Å². The van der Waals surface area contributed by atoms with E-state index in [4.69, 9.17) is 28.4 Å². The molecule has 17 heteroatoms. The Labute approximate surface area is 408 Å². The lowest BCUT2D eigenvalue weighted by Gasteiger charge is -2.38. The molecule has 5 rings (SSSR count). The first-order valence-electron chi connectivity index (χ1n) is 25.0. The average Bonchev–Trinajstić information content (AvgIpc) is 3.98. The number of likely N-dealkylation sites (tertiary alicyclic amines) is 1. The van der Waals surface area contributed by atoms with Crippen molar-refractivity contribution >= 4 is 29.2 Å². The molecule has 0 bridgehead atoms. The molecule has 15 atom stereocenters. The van der Waals surface area contributed by atoms with Gasteiger partial charge in [0.1, 0.15) is 42.6 Å². The van der Waals surface area contributed by atoms with Crippen LogP contribution in [-0.2, 0) is 52.4 Å². The Morgan fingerprint density at radius 2 is 1.70 bits per heavy atom. The Morgan fingerprint density at radius 3 is 2.36 bits per heavy atom. The molecule has 4 heterocycles. The van der Waals surface area contributed by atoms with Crippen LogP contribution in [0, 0.1) is 29.6 Å². The van der Waals surface area contributed by atoms with Crippen molar-refractivity contribution in [1.82, 2.24) is 25.1 Å². The van der Waals surface area contributed by atoms with Gasteiger partial charge in [0.2, 0.25) is 5.78 Å². The number of Topliss-reactive ketones (excluding diaryl/α,β-unsaturated/α-hetero) is 3. The minimum Gasteiger partial charge on any atom is -0.460 e. The maximum Gasteiger partial charge on any atom is 0.329 e. The van der Waals surface area contributed by atoms with E-state index in [0.717, 1.165) is 37.7 Å². The molecule has 3 saturated heterocycles. The van der Waals surface area contributed by atoms with Crippen LogP contribution in [-0.4, -0.2) is 142 Å². The fourth-order valence-corrected chi connectivity index (χ4v) is 10.5. The van der Waals surface area contributed by atoms with E-state index >= 15 is 0 Å². The van der Waals surface area contributed by atoms with E-state index in [-0.39, 0.29) is 72.6 Å². The molecule has 1 aromatic rings. The number of hydrogen-bond donors (Lipinski definition) is 1. The van der Waals surface area contributed by atoms with Gasteiger partial charge in [-0.25, -0.2) is 9.48 Å². The summed E-state index contributed by atoms with van der Waals surface area (Å²) in [6, 6.07) is -0.925. The van der Waals surface area contributed by atoms with Crippen molar-refractivity contribution in [2.75, 3.05) is 27.9 Å². The zero-order valence-corrected chi connectivity index (χ0v) is 42.6. The van der Waals surface area contributed by atoms with E-state index in [1.54, 1.807) is 38.2 Å². The molecule has 69 heavy (non-hydrogen) atoms. The van der Waals surface area contributed by atoms with Gasteiger partial charge in [0.25, 0.3) is 5.91 Å². The first-order chi connectivity index (χ1) is 32.9. The molecule has 0 aromatic carbocycles. The highest BCUT2D eigenvalue weighted by molar-refractivity contribution is 6.35. The van der Waals surface area contributed by atoms with Crippen molar-refractivity contribution < 1.29 is 57.5 Å². The number of rotatable bonds is 23. The second kappa shape index (κ2) is 26.8. The van der Waals surface area contributed by atoms with Gasteiger partial charge in [0.15, 0.2) is 12.1 Å². The van der Waals surface area contributed by atoms with Gasteiger partial charge in [-0.2, -0.15) is 0 Å². The van der Waals surface area contributed by atoms with E-state index < -0.39 is 60.3 Å². The maximum atomic E-state index is 14.2. The monoisotopic (exact) mass is 966 g/mol. The Balaban J connectivity index is 1.21. The maximum absolute atomic E-state index is 14.2. The Bertz CT molecular complexity index is 1990. The lowest BCUT2D eigenvalue weighted by molar-refractivity contribution is -0.195. The molecule has 1 saturated carbocycles. The van der Waals surface area contributed by atoms with Gasteiger partial charge in [-0.1, -0.05) is 64.2 Å². The molecule has 0 radical (unpaired) electrons. The number of methoxy groups -OCH3 is 3. The summed E-state index contributed by atoms with van der Waals surface area (Å²) < 4.78 is 37.5. The van der Waals surface area contributed by atoms with Crippen LogP contribution >= 0.6 is 0 Å². The van der Waals surface area contributed by atoms with Crippen molar-refractivity contribution in [3.05, 3.63) is 53.9 Å². The number of ether oxygens (including phenoxy) is 6. The minimum absolute atomic E-state index is 0.00281. The van der Waals surface area contributed by atoms with Crippen LogP contribution in [0.1, 0.15) is 132 Å². The molecule has 1 amide bonds. The summed E-state index contributed by atoms with van der Waals surface area (Å²) in [5.41, 5.74) is 1.74. The van der Waals surface area contributed by atoms with E-state index in [1.807, 2.05) is 65.0 Å². The fraction of sp³-hybridized carbons (Fsp3) is 0.731. The van der Waals surface area contributed by atoms with Gasteiger partial charge in [0.05, 0.1) is 24.4 Å². The highest BCUT2D eigenvalue weighted by Crippen LogP contribution is 2.38. The Kier molecular flexibility index (Phi) is 21.6. The highest BCUT2D eigenvalue weighted by atomic mass is 16.6. The normalized spacial score (nSPS) is 30.6. The smallest absolute Gasteiger partial charge is 0.329 e. The zero-order chi connectivity index (χ0) is 50.4. The number of amides is 1. The van der Waals surface area contributed by atoms with Gasteiger partial charge >= 0.3 is 5.97 Å². The molecule has 4 aliphatic rings. The van der Waals surface area contributed by atoms with Crippen LogP contribution in [0.25, 0.3) is 0 Å². The van der Waals surface area contributed by atoms with Gasteiger partial charge in [0, 0.05) is 59.5 Å². The third kappa shape index (κ3) is 15.4. The van der Waals surface area contributed by atoms with Crippen molar-refractivity contribution in [3.63, 3.8) is 0 Å². The summed E-state index contributed by atoms with van der Waals surface area (Å²) in [6.07, 6.45) is 16.8. The molecule has 10 unspecified atom stereocenters. The first kappa shape index (κ1) is 55.7. The number of nitrogens with zero attached hydrogens (tertiary/aromatic N) is 5. The van der Waals surface area contributed by atoms with Gasteiger partial charge in [-0.3, -0.25) is 19.2 Å². The predicted molar refractivity (Wildman–Crippen MR) is 256 cm³/mol. The SMILES string of the molecule is COC1CC(CC(C)[C@H](CC(=O)C(C)/C=C(\C)[C@H]2OC(C[C@H](C)/C=C/C=C/C=C(\C)[C@H](C[C@@H]3CCC(C)C(O)O3)OC)C(=O)C2OC)OC(=O)C2CCCCN2C(=O)C(C)=O)CCC1n1cnnn1. The fourth-order valence-electron chi connectivity index (χ4n) is 10.5. The lowest BCUT2D eigenvalue weighted by atomic mass is 9.77. The molecule has 17 nitrogen and oxygen atoms in total. The number of carbonyl (C=O) groups is 5. The number of allylic oxidation sites excluding steroid dienone is 6. The number of tetrazole rings is 1. The second-order valence-corrected chi connectivity index (χ2v) is 20.1. The first-order valence-corrected chi connectivity index (χ1v) is 25.0. The summed E-state index contributed by atoms with van der Waals surface area (Å²) in [4.78, 5) is 68.1. The lowest BCUT2D eigenvalue weighted by Crippen LogP contribution is -2.51. The largest absolute Gasteiger partial charge is 0.460 e. The quantitative estimate of drug-likeness (QED) is 0.0541. The summed E-state index contributed by atoms with van der Waals surface area (Å²) in [7, 11) is 4.84. The molecule has 1 N–H and O–H groups in total. The third-order valence-corrected chi connectivity index (χ3v) is 14.8. The molecule has 1 aromatic heterocycles. The Hall–Kier alpha value is -4.26. The van der Waals surface area contributed by atoms with E-state index in [1.165, 1.54) is 18.9 Å². The van der Waals surface area contributed by atoms with Gasteiger partial charge in [-0.15, -0.1) is 5.10 Å². The zero-order valence-electron chi connectivity index (χ0n) is 42.6. The van der Waals surface area contributed by atoms with Gasteiger partial charge in [-0.05, 0) is 117 Å². The van der Waals surface area contributed by atoms with Gasteiger partial charge < -0.3 is 38.4 Å². The molecule has 4 fully saturated rings. The van der Waals surface area contributed by atoms with Crippen LogP contribution in [0.2, 0.25) is 0 Å². The highest BCUT2D eigenvalue weighted by Gasteiger charge is 2.45. The van der Waals surface area contributed by atoms with Crippen molar-refractivity contribution in [2.24, 2.45) is 29.6 Å². The number of hydrogen-bond acceptors (Lipinski definition) is 15. The number of piperidine rings is 1. The van der Waals surface area contributed by atoms with Crippen LogP contribution in [0.4, 0.5) is 0 Å². The number of carbonyl (C=O) groups excluding carboxylic acids is 5. The van der Waals surface area contributed by atoms with Crippen LogP contribution < -0.4 is 0 Å². The molecule has 1 aliphatic carbocycles. The Morgan fingerprint density at radius 1 is 0.928 bits per heavy atom. The van der Waals surface area contributed by atoms with Crippen molar-refractivity contribution in [3.8, 4) is 0 Å². The van der Waals surface area contributed by atoms with Crippen molar-refractivity contribution in [1.29, 1.82) is 0 Å². The topological polar surface area (TPSA) is 208 Å². The second-order valence-electron chi connectivity index (χ2n) is 20.1. The van der Waals surface area contributed by atoms with Crippen molar-refractivity contribution in [2.45, 2.75) is 187 Å². The summed E-state index contributed by atoms with van der Waals surface area (Å²) in [5.74, 6) is -2.79. The summed E-state index contributed by atoms with van der Waals surface area (Å²) in [6.45, 7) is 13.1. The number of aliphatic hydroxyl groups is 1. The van der Waals surface area contributed by atoms with Crippen LogP contribution in [0.15, 0.2) is 53.9 Å². The molecule has 0 spiro atoms. The van der Waals surface area contributed by atoms with E-state index in [2.05, 4.69) is 15.5 Å². The third-order valence-electron chi connectivity index (χ3n) is 14.8. The predicted octanol–water partition coefficient (Wildman–Crippen LogP) is 6.45. The number of esters is 1. The van der Waals surface area contributed by atoms with Crippen LogP contribution in [0.3, 0.4) is 0 Å². The van der Waals surface area contributed by atoms with E-state index in [9.17, 15) is 29.1 Å². The average molecular weight is 966 g/mol. The molecular weight excluding hydrogens is 887 g/mol. The summed E-state index contributed by atoms with van der Waals surface area (Å²) in [5, 5.41) is 21.8. The molecular formula is C52H79N5O12.